The van der Waals surface area contributed by atoms with E-state index in [0.717, 1.165) is 10.9 Å². The van der Waals surface area contributed by atoms with Crippen LogP contribution in [0.25, 0.3) is 10.9 Å². The van der Waals surface area contributed by atoms with Gasteiger partial charge in [-0.15, -0.1) is 0 Å². The largest absolute Gasteiger partial charge is 0.550 e. The molecule has 6 nitrogen and oxygen atoms in total. The van der Waals surface area contributed by atoms with Crippen molar-refractivity contribution in [2.75, 3.05) is 5.32 Å². The van der Waals surface area contributed by atoms with Crippen LogP contribution in [0, 0.1) is 6.92 Å². The van der Waals surface area contributed by atoms with Gasteiger partial charge in [-0.2, -0.15) is 0 Å². The number of aromatic nitrogens is 1. The summed E-state index contributed by atoms with van der Waals surface area (Å²) in [7, 11) is 0. The van der Waals surface area contributed by atoms with E-state index in [0.29, 0.717) is 33.7 Å². The quantitative estimate of drug-likeness (QED) is 0.567. The summed E-state index contributed by atoms with van der Waals surface area (Å²) in [6.45, 7) is 6.05. The third-order valence-corrected chi connectivity index (χ3v) is 4.63. The summed E-state index contributed by atoms with van der Waals surface area (Å²) in [6.07, 6.45) is 1.28. The molecular weight excluding hydrogens is 392 g/mol. The third kappa shape index (κ3) is 5.09. The van der Waals surface area contributed by atoms with Gasteiger partial charge in [0.25, 0.3) is 0 Å². The molecule has 2 N–H and O–H groups in total. The number of hydrogen-bond donors (Lipinski definition) is 2. The second-order valence-electron chi connectivity index (χ2n) is 6.91. The Morgan fingerprint density at radius 1 is 1.24 bits per heavy atom. The van der Waals surface area contributed by atoms with Crippen molar-refractivity contribution in [3.8, 4) is 11.5 Å². The number of rotatable bonds is 6. The number of amides is 1. The summed E-state index contributed by atoms with van der Waals surface area (Å²) in [5, 5.41) is 14.4. The van der Waals surface area contributed by atoms with Gasteiger partial charge in [0, 0.05) is 22.8 Å². The highest BCUT2D eigenvalue weighted by molar-refractivity contribution is 6.32. The summed E-state index contributed by atoms with van der Waals surface area (Å²) in [4.78, 5) is 25.4. The number of carbonyl (C=O) groups is 2. The fraction of sp³-hybridized carbons (Fsp3) is 0.273. The zero-order valence-corrected chi connectivity index (χ0v) is 16.5. The number of carbonyl (C=O) groups excluding carboxylic acids is 2. The lowest BCUT2D eigenvalue weighted by Crippen LogP contribution is -2.28. The highest BCUT2D eigenvalue weighted by atomic mass is 35.5. The van der Waals surface area contributed by atoms with Gasteiger partial charge in [-0.1, -0.05) is 32.9 Å². The molecule has 1 heterocycles. The maximum Gasteiger partial charge on any atom is 0.230 e. The Bertz CT molecular complexity index is 1030. The Kier molecular flexibility index (Phi) is 6.93. The van der Waals surface area contributed by atoms with E-state index in [4.69, 9.17) is 16.3 Å². The van der Waals surface area contributed by atoms with Gasteiger partial charge in [0.2, 0.25) is 5.91 Å². The number of H-pyrrole nitrogens is 1. The topological polar surface area (TPSA) is 94.2 Å². The molecule has 1 amide bonds. The average Bonchev–Trinajstić information content (AvgIpc) is 3.00. The van der Waals surface area contributed by atoms with Crippen molar-refractivity contribution in [3.05, 3.63) is 52.7 Å². The number of fused-ring (bicyclic) bond motifs is 1. The van der Waals surface area contributed by atoms with Crippen LogP contribution < -0.4 is 15.2 Å². The average molecular weight is 416 g/mol. The van der Waals surface area contributed by atoms with Crippen molar-refractivity contribution in [1.29, 1.82) is 0 Å². The summed E-state index contributed by atoms with van der Waals surface area (Å²) >= 11 is 6.34. The van der Waals surface area contributed by atoms with Crippen LogP contribution in [0.3, 0.4) is 0 Å². The zero-order chi connectivity index (χ0) is 20.4. The molecule has 0 radical (unpaired) electrons. The minimum atomic E-state index is -1.44. The van der Waals surface area contributed by atoms with Crippen LogP contribution in [0.15, 0.2) is 36.5 Å². The predicted molar refractivity (Wildman–Crippen MR) is 114 cm³/mol. The summed E-state index contributed by atoms with van der Waals surface area (Å²) in [5.41, 5.74) is 3.33. The van der Waals surface area contributed by atoms with Crippen molar-refractivity contribution < 1.29 is 19.4 Å². The third-order valence-electron chi connectivity index (χ3n) is 4.35. The minimum Gasteiger partial charge on any atom is -0.550 e. The summed E-state index contributed by atoms with van der Waals surface area (Å²) < 4.78 is 6.01. The van der Waals surface area contributed by atoms with Crippen molar-refractivity contribution >= 4 is 40.1 Å². The Balaban J connectivity index is 0.00000300. The summed E-state index contributed by atoms with van der Waals surface area (Å²) in [5.74, 6) is -0.629. The lowest BCUT2D eigenvalue weighted by atomic mass is 10.0. The molecule has 154 valence electrons. The maximum atomic E-state index is 11.6. The van der Waals surface area contributed by atoms with Gasteiger partial charge in [-0.25, -0.2) is 0 Å². The number of halogens is 1. The standard InChI is InChI=1S/C21H21ClN2O4.CH4/c1-11(2)16-10-23-18-5-4-14(8-15(16)18)28-21-12(3)6-13(7-17(21)22)24-19(25)9-20(26)27;/h4-8,10-11,23H,9H2,1-3H3,(H,24,25)(H,26,27);1H4/p-1. The van der Waals surface area contributed by atoms with Crippen LogP contribution in [0.4, 0.5) is 5.69 Å². The molecule has 0 atom stereocenters. The monoisotopic (exact) mass is 415 g/mol. The fourth-order valence-electron chi connectivity index (χ4n) is 3.05. The Hall–Kier alpha value is -2.99. The Morgan fingerprint density at radius 2 is 1.97 bits per heavy atom. The van der Waals surface area contributed by atoms with Gasteiger partial charge in [0.05, 0.1) is 17.4 Å². The minimum absolute atomic E-state index is 0. The first-order chi connectivity index (χ1) is 13.2. The molecule has 0 spiro atoms. The van der Waals surface area contributed by atoms with Crippen LogP contribution in [0.5, 0.6) is 11.5 Å². The lowest BCUT2D eigenvalue weighted by molar-refractivity contribution is -0.304. The number of aromatic amines is 1. The van der Waals surface area contributed by atoms with Gasteiger partial charge in [-0.05, 0) is 54.3 Å². The number of carboxylic acids is 1. The molecule has 0 aliphatic rings. The molecule has 3 aromatic rings. The van der Waals surface area contributed by atoms with E-state index in [9.17, 15) is 14.7 Å². The molecular formula is C22H24ClN2O4-. The van der Waals surface area contributed by atoms with Crippen molar-refractivity contribution in [2.24, 2.45) is 0 Å². The number of carboxylic acid groups (broad SMARTS) is 1. The van der Waals surface area contributed by atoms with Crippen LogP contribution >= 0.6 is 11.6 Å². The highest BCUT2D eigenvalue weighted by Crippen LogP contribution is 2.37. The number of aryl methyl sites for hydroxylation is 1. The number of nitrogens with one attached hydrogen (secondary N) is 2. The smallest absolute Gasteiger partial charge is 0.230 e. The van der Waals surface area contributed by atoms with Crippen molar-refractivity contribution in [2.45, 2.75) is 40.5 Å². The van der Waals surface area contributed by atoms with Gasteiger partial charge in [0.15, 0.2) is 0 Å². The van der Waals surface area contributed by atoms with Crippen molar-refractivity contribution in [3.63, 3.8) is 0 Å². The van der Waals surface area contributed by atoms with Crippen LogP contribution in [-0.4, -0.2) is 16.9 Å². The Morgan fingerprint density at radius 3 is 2.59 bits per heavy atom. The van der Waals surface area contributed by atoms with Crippen LogP contribution in [0.1, 0.15) is 44.7 Å². The molecule has 0 bridgehead atoms. The second-order valence-corrected chi connectivity index (χ2v) is 7.32. The van der Waals surface area contributed by atoms with Crippen molar-refractivity contribution in [1.82, 2.24) is 4.98 Å². The van der Waals surface area contributed by atoms with Crippen LogP contribution in [-0.2, 0) is 9.59 Å². The molecule has 7 heteroatoms. The first kappa shape index (κ1) is 22.3. The Labute approximate surface area is 174 Å². The molecule has 0 fully saturated rings. The van der Waals surface area contributed by atoms with Gasteiger partial charge in [-0.3, -0.25) is 4.79 Å². The van der Waals surface area contributed by atoms with Gasteiger partial charge < -0.3 is 24.9 Å². The first-order valence-electron chi connectivity index (χ1n) is 8.83. The predicted octanol–water partition coefficient (Wildman–Crippen LogP) is 4.76. The molecule has 3 rings (SSSR count). The molecule has 29 heavy (non-hydrogen) atoms. The molecule has 0 aliphatic heterocycles. The maximum absolute atomic E-state index is 11.6. The lowest BCUT2D eigenvalue weighted by Gasteiger charge is -2.14. The van der Waals surface area contributed by atoms with E-state index in [1.165, 1.54) is 11.6 Å². The zero-order valence-electron chi connectivity index (χ0n) is 15.8. The van der Waals surface area contributed by atoms with E-state index < -0.39 is 18.3 Å². The number of hydrogen-bond acceptors (Lipinski definition) is 4. The van der Waals surface area contributed by atoms with Gasteiger partial charge >= 0.3 is 0 Å². The molecule has 2 aromatic carbocycles. The van der Waals surface area contributed by atoms with E-state index >= 15 is 0 Å². The van der Waals surface area contributed by atoms with E-state index in [2.05, 4.69) is 24.1 Å². The molecule has 0 saturated carbocycles. The van der Waals surface area contributed by atoms with Crippen LogP contribution in [0.2, 0.25) is 5.02 Å². The van der Waals surface area contributed by atoms with E-state index in [1.807, 2.05) is 24.4 Å². The van der Waals surface area contributed by atoms with Gasteiger partial charge in [0.1, 0.15) is 11.5 Å². The first-order valence-corrected chi connectivity index (χ1v) is 9.21. The number of benzene rings is 2. The molecule has 0 unspecified atom stereocenters. The molecule has 1 aromatic heterocycles. The normalized spacial score (nSPS) is 10.7. The molecule has 0 saturated heterocycles. The van der Waals surface area contributed by atoms with E-state index in [-0.39, 0.29) is 7.43 Å². The SMILES string of the molecule is C.Cc1cc(NC(=O)CC(=O)[O-])cc(Cl)c1Oc1ccc2[nH]cc(C(C)C)c2c1. The fourth-order valence-corrected chi connectivity index (χ4v) is 3.35. The second kappa shape index (κ2) is 9.01. The number of ether oxygens (including phenoxy) is 1. The molecule has 0 aliphatic carbocycles. The summed E-state index contributed by atoms with van der Waals surface area (Å²) in [6, 6.07) is 8.96. The van der Waals surface area contributed by atoms with E-state index in [1.54, 1.807) is 13.0 Å². The number of aliphatic carboxylic acids is 1. The number of anilines is 1. The highest BCUT2D eigenvalue weighted by Gasteiger charge is 2.13.